The molecule has 3 N–H and O–H groups in total. The molecule has 1 aromatic carbocycles. The van der Waals surface area contributed by atoms with Crippen LogP contribution < -0.4 is 15.8 Å². The number of benzene rings is 1. The molecule has 94 valence electrons. The van der Waals surface area contributed by atoms with Crippen LogP contribution in [0.3, 0.4) is 0 Å². The first-order chi connectivity index (χ1) is 7.98. The van der Waals surface area contributed by atoms with Crippen LogP contribution in [0, 0.1) is 0 Å². The van der Waals surface area contributed by atoms with Crippen molar-refractivity contribution in [3.63, 3.8) is 0 Å². The third-order valence-electron chi connectivity index (χ3n) is 2.57. The Morgan fingerprint density at radius 1 is 1.35 bits per heavy atom. The fourth-order valence-electron chi connectivity index (χ4n) is 1.55. The second-order valence-corrected chi connectivity index (χ2v) is 4.61. The molecule has 0 aliphatic heterocycles. The summed E-state index contributed by atoms with van der Waals surface area (Å²) in [5.74, 6) is 0.647. The summed E-state index contributed by atoms with van der Waals surface area (Å²) < 4.78 is 5.04. The number of ether oxygens (including phenoxy) is 1. The average molecular weight is 236 g/mol. The molecule has 4 nitrogen and oxygen atoms in total. The van der Waals surface area contributed by atoms with E-state index in [1.807, 2.05) is 13.8 Å². The van der Waals surface area contributed by atoms with Crippen molar-refractivity contribution < 1.29 is 9.53 Å². The van der Waals surface area contributed by atoms with Crippen LogP contribution in [0.15, 0.2) is 24.3 Å². The average Bonchev–Trinajstić information content (AvgIpc) is 2.28. The highest BCUT2D eigenvalue weighted by Gasteiger charge is 2.19. The van der Waals surface area contributed by atoms with Crippen LogP contribution in [0.4, 0.5) is 0 Å². The Labute approximate surface area is 102 Å². The molecular weight excluding hydrogens is 216 g/mol. The van der Waals surface area contributed by atoms with Crippen molar-refractivity contribution in [3.05, 3.63) is 29.8 Å². The number of nitrogens with two attached hydrogens (primary N) is 1. The van der Waals surface area contributed by atoms with Gasteiger partial charge >= 0.3 is 0 Å². The Morgan fingerprint density at radius 2 is 1.94 bits per heavy atom. The van der Waals surface area contributed by atoms with Crippen LogP contribution in [0.2, 0.25) is 0 Å². The number of rotatable bonds is 5. The molecular formula is C13H20N2O2. The number of nitrogens with one attached hydrogen (secondary N) is 1. The van der Waals surface area contributed by atoms with Crippen molar-refractivity contribution in [3.8, 4) is 5.75 Å². The summed E-state index contributed by atoms with van der Waals surface area (Å²) >= 11 is 0. The molecule has 17 heavy (non-hydrogen) atoms. The van der Waals surface area contributed by atoms with E-state index in [0.717, 1.165) is 12.2 Å². The molecule has 0 aliphatic carbocycles. The molecule has 0 unspecified atom stereocenters. The molecule has 0 fully saturated rings. The lowest BCUT2D eigenvalue weighted by Crippen LogP contribution is -2.44. The van der Waals surface area contributed by atoms with Gasteiger partial charge in [0, 0.05) is 11.1 Å². The third kappa shape index (κ3) is 4.07. The normalized spacial score (nSPS) is 11.1. The summed E-state index contributed by atoms with van der Waals surface area (Å²) in [6, 6.07) is 7.02. The molecule has 1 rings (SSSR count). The number of carbonyl (C=O) groups excluding carboxylic acids is 1. The zero-order valence-electron chi connectivity index (χ0n) is 10.6. The minimum absolute atomic E-state index is 0.0916. The van der Waals surface area contributed by atoms with Gasteiger partial charge in [0.15, 0.2) is 0 Å². The molecule has 0 aromatic heterocycles. The minimum atomic E-state index is -0.286. The first kappa shape index (κ1) is 13.5. The van der Waals surface area contributed by atoms with Crippen molar-refractivity contribution in [2.75, 3.05) is 13.7 Å². The van der Waals surface area contributed by atoms with E-state index in [1.165, 1.54) is 0 Å². The highest BCUT2D eigenvalue weighted by molar-refractivity contribution is 5.94. The van der Waals surface area contributed by atoms with Crippen molar-refractivity contribution in [2.45, 2.75) is 25.8 Å². The molecule has 0 bridgehead atoms. The summed E-state index contributed by atoms with van der Waals surface area (Å²) in [7, 11) is 1.60. The van der Waals surface area contributed by atoms with Crippen molar-refractivity contribution in [2.24, 2.45) is 5.73 Å². The molecule has 0 heterocycles. The third-order valence-corrected chi connectivity index (χ3v) is 2.57. The molecule has 0 aliphatic rings. The fourth-order valence-corrected chi connectivity index (χ4v) is 1.55. The SMILES string of the molecule is COc1ccc(C(=O)NC(C)(C)CCN)cc1. The minimum Gasteiger partial charge on any atom is -0.497 e. The second-order valence-electron chi connectivity index (χ2n) is 4.61. The van der Waals surface area contributed by atoms with E-state index in [0.29, 0.717) is 12.1 Å². The summed E-state index contributed by atoms with van der Waals surface area (Å²) in [6.07, 6.45) is 0.745. The first-order valence-corrected chi connectivity index (χ1v) is 5.65. The Morgan fingerprint density at radius 3 is 2.41 bits per heavy atom. The van der Waals surface area contributed by atoms with Gasteiger partial charge in [0.1, 0.15) is 5.75 Å². The van der Waals surface area contributed by atoms with Crippen molar-refractivity contribution >= 4 is 5.91 Å². The van der Waals surface area contributed by atoms with Crippen LogP contribution in [0.25, 0.3) is 0 Å². The largest absolute Gasteiger partial charge is 0.497 e. The standard InChI is InChI=1S/C13H20N2O2/c1-13(2,8-9-14)15-12(16)10-4-6-11(17-3)7-5-10/h4-7H,8-9,14H2,1-3H3,(H,15,16). The van der Waals surface area contributed by atoms with Gasteiger partial charge in [-0.2, -0.15) is 0 Å². The molecule has 1 amide bonds. The first-order valence-electron chi connectivity index (χ1n) is 5.65. The molecule has 0 radical (unpaired) electrons. The Bertz CT molecular complexity index is 372. The lowest BCUT2D eigenvalue weighted by molar-refractivity contribution is 0.0910. The highest BCUT2D eigenvalue weighted by Crippen LogP contribution is 2.13. The lowest BCUT2D eigenvalue weighted by Gasteiger charge is -2.25. The highest BCUT2D eigenvalue weighted by atomic mass is 16.5. The molecule has 0 atom stereocenters. The van der Waals surface area contributed by atoms with Crippen LogP contribution >= 0.6 is 0 Å². The van der Waals surface area contributed by atoms with E-state index in [9.17, 15) is 4.79 Å². The van der Waals surface area contributed by atoms with Gasteiger partial charge in [-0.3, -0.25) is 4.79 Å². The molecule has 0 saturated heterocycles. The topological polar surface area (TPSA) is 64.3 Å². The monoisotopic (exact) mass is 236 g/mol. The molecule has 0 spiro atoms. The van der Waals surface area contributed by atoms with Gasteiger partial charge in [0.2, 0.25) is 0 Å². The zero-order chi connectivity index (χ0) is 12.9. The number of methoxy groups -OCH3 is 1. The number of hydrogen-bond donors (Lipinski definition) is 2. The van der Waals surface area contributed by atoms with Gasteiger partial charge in [-0.25, -0.2) is 0 Å². The quantitative estimate of drug-likeness (QED) is 0.815. The number of amides is 1. The summed E-state index contributed by atoms with van der Waals surface area (Å²) in [4.78, 5) is 11.9. The number of hydrogen-bond acceptors (Lipinski definition) is 3. The van der Waals surface area contributed by atoms with E-state index in [1.54, 1.807) is 31.4 Å². The van der Waals surface area contributed by atoms with Crippen molar-refractivity contribution in [1.82, 2.24) is 5.32 Å². The molecule has 1 aromatic rings. The van der Waals surface area contributed by atoms with Crippen LogP contribution in [-0.2, 0) is 0 Å². The number of carbonyl (C=O) groups is 1. The van der Waals surface area contributed by atoms with E-state index in [2.05, 4.69) is 5.32 Å². The summed E-state index contributed by atoms with van der Waals surface area (Å²) in [5.41, 5.74) is 5.83. The van der Waals surface area contributed by atoms with Crippen LogP contribution in [-0.4, -0.2) is 25.1 Å². The van der Waals surface area contributed by atoms with E-state index in [4.69, 9.17) is 10.5 Å². The van der Waals surface area contributed by atoms with Gasteiger partial charge in [0.25, 0.3) is 5.91 Å². The second kappa shape index (κ2) is 5.68. The maximum atomic E-state index is 11.9. The van der Waals surface area contributed by atoms with E-state index in [-0.39, 0.29) is 11.4 Å². The Hall–Kier alpha value is -1.55. The van der Waals surface area contributed by atoms with Crippen molar-refractivity contribution in [1.29, 1.82) is 0 Å². The van der Waals surface area contributed by atoms with Gasteiger partial charge in [0.05, 0.1) is 7.11 Å². The van der Waals surface area contributed by atoms with Crippen LogP contribution in [0.5, 0.6) is 5.75 Å². The van der Waals surface area contributed by atoms with Gasteiger partial charge in [-0.15, -0.1) is 0 Å². The predicted octanol–water partition coefficient (Wildman–Crippen LogP) is 1.55. The fraction of sp³-hybridized carbons (Fsp3) is 0.462. The van der Waals surface area contributed by atoms with Gasteiger partial charge in [-0.05, 0) is 51.1 Å². The Balaban J connectivity index is 2.69. The van der Waals surface area contributed by atoms with E-state index < -0.39 is 0 Å². The van der Waals surface area contributed by atoms with E-state index >= 15 is 0 Å². The molecule has 0 saturated carbocycles. The predicted molar refractivity (Wildman–Crippen MR) is 68.2 cm³/mol. The summed E-state index contributed by atoms with van der Waals surface area (Å²) in [6.45, 7) is 4.47. The summed E-state index contributed by atoms with van der Waals surface area (Å²) in [5, 5.41) is 2.95. The Kier molecular flexibility index (Phi) is 4.52. The van der Waals surface area contributed by atoms with Crippen LogP contribution in [0.1, 0.15) is 30.6 Å². The maximum Gasteiger partial charge on any atom is 0.251 e. The maximum absolute atomic E-state index is 11.9. The van der Waals surface area contributed by atoms with Gasteiger partial charge in [-0.1, -0.05) is 0 Å². The smallest absolute Gasteiger partial charge is 0.251 e. The lowest BCUT2D eigenvalue weighted by atomic mass is 10.00. The molecule has 4 heteroatoms. The zero-order valence-corrected chi connectivity index (χ0v) is 10.6. The van der Waals surface area contributed by atoms with Gasteiger partial charge < -0.3 is 15.8 Å².